The molecule has 0 spiro atoms. The van der Waals surface area contributed by atoms with Gasteiger partial charge in [0.1, 0.15) is 0 Å². The van der Waals surface area contributed by atoms with E-state index < -0.39 is 0 Å². The zero-order chi connectivity index (χ0) is 19.9. The van der Waals surface area contributed by atoms with Crippen molar-refractivity contribution in [3.63, 3.8) is 0 Å². The Balaban J connectivity index is 1.53. The van der Waals surface area contributed by atoms with Crippen molar-refractivity contribution < 1.29 is 14.4 Å². The zero-order valence-corrected chi connectivity index (χ0v) is 16.6. The van der Waals surface area contributed by atoms with Crippen molar-refractivity contribution in [3.8, 4) is 0 Å². The van der Waals surface area contributed by atoms with Crippen molar-refractivity contribution in [1.29, 1.82) is 0 Å². The maximum Gasteiger partial charge on any atom is 0.317 e. The van der Waals surface area contributed by atoms with Crippen LogP contribution >= 0.6 is 11.3 Å². The monoisotopic (exact) mass is 400 g/mol. The highest BCUT2D eigenvalue weighted by atomic mass is 32.1. The van der Waals surface area contributed by atoms with Crippen LogP contribution in [0.5, 0.6) is 0 Å². The minimum Gasteiger partial charge on any atom is -0.333 e. The van der Waals surface area contributed by atoms with Crippen LogP contribution in [0, 0.1) is 5.92 Å². The van der Waals surface area contributed by atoms with E-state index in [1.54, 1.807) is 40.5 Å². The number of carbonyl (C=O) groups excluding carboxylic acids is 3. The standard InChI is InChI=1S/C20H24N4O3S/c1-14(25)22-16-6-2-7-17(11-16)23-19(26)15-5-3-9-24(13-15)20(27)21-12-18-8-4-10-28-18/h2,4,6-8,10-11,15H,3,5,9,12-13H2,1H3,(H,21,27)(H,22,25)(H,23,26). The second-order valence-corrected chi connectivity index (χ2v) is 7.81. The van der Waals surface area contributed by atoms with E-state index in [-0.39, 0.29) is 23.8 Å². The molecule has 2 heterocycles. The first-order valence-corrected chi connectivity index (χ1v) is 10.1. The van der Waals surface area contributed by atoms with E-state index in [1.165, 1.54) is 6.92 Å². The van der Waals surface area contributed by atoms with E-state index in [0.29, 0.717) is 31.0 Å². The quantitative estimate of drug-likeness (QED) is 0.719. The molecule has 1 aromatic carbocycles. The van der Waals surface area contributed by atoms with Crippen LogP contribution in [0.3, 0.4) is 0 Å². The van der Waals surface area contributed by atoms with Crippen LogP contribution in [0.2, 0.25) is 0 Å². The number of urea groups is 1. The number of amides is 4. The maximum absolute atomic E-state index is 12.7. The lowest BCUT2D eigenvalue weighted by Gasteiger charge is -2.32. The van der Waals surface area contributed by atoms with Gasteiger partial charge in [-0.05, 0) is 42.5 Å². The number of hydrogen-bond acceptors (Lipinski definition) is 4. The lowest BCUT2D eigenvalue weighted by Crippen LogP contribution is -2.47. The molecule has 1 aliphatic heterocycles. The Morgan fingerprint density at radius 3 is 2.64 bits per heavy atom. The van der Waals surface area contributed by atoms with Gasteiger partial charge in [-0.25, -0.2) is 4.79 Å². The van der Waals surface area contributed by atoms with E-state index in [2.05, 4.69) is 16.0 Å². The largest absolute Gasteiger partial charge is 0.333 e. The molecule has 0 saturated carbocycles. The van der Waals surface area contributed by atoms with Crippen LogP contribution in [0.4, 0.5) is 16.2 Å². The first-order chi connectivity index (χ1) is 13.5. The second-order valence-electron chi connectivity index (χ2n) is 6.77. The van der Waals surface area contributed by atoms with Crippen molar-refractivity contribution in [2.75, 3.05) is 23.7 Å². The van der Waals surface area contributed by atoms with E-state index in [1.807, 2.05) is 17.5 Å². The number of nitrogens with zero attached hydrogens (tertiary/aromatic N) is 1. The molecule has 0 radical (unpaired) electrons. The van der Waals surface area contributed by atoms with Crippen LogP contribution in [0.1, 0.15) is 24.6 Å². The highest BCUT2D eigenvalue weighted by molar-refractivity contribution is 7.09. The Hall–Kier alpha value is -2.87. The number of carbonyl (C=O) groups is 3. The summed E-state index contributed by atoms with van der Waals surface area (Å²) in [5, 5.41) is 10.5. The second kappa shape index (κ2) is 9.36. The number of anilines is 2. The minimum atomic E-state index is -0.259. The average Bonchev–Trinajstić information content (AvgIpc) is 3.19. The molecule has 148 valence electrons. The van der Waals surface area contributed by atoms with Gasteiger partial charge in [0.2, 0.25) is 11.8 Å². The van der Waals surface area contributed by atoms with Gasteiger partial charge < -0.3 is 20.9 Å². The Morgan fingerprint density at radius 2 is 1.93 bits per heavy atom. The molecule has 28 heavy (non-hydrogen) atoms. The van der Waals surface area contributed by atoms with Crippen molar-refractivity contribution in [2.24, 2.45) is 5.92 Å². The van der Waals surface area contributed by atoms with Gasteiger partial charge in [-0.3, -0.25) is 9.59 Å². The first kappa shape index (κ1) is 19.9. The highest BCUT2D eigenvalue weighted by Crippen LogP contribution is 2.21. The molecule has 3 N–H and O–H groups in total. The fraction of sp³-hybridized carbons (Fsp3) is 0.350. The number of nitrogens with one attached hydrogen (secondary N) is 3. The van der Waals surface area contributed by atoms with E-state index in [9.17, 15) is 14.4 Å². The molecule has 1 unspecified atom stereocenters. The van der Waals surface area contributed by atoms with Crippen molar-refractivity contribution in [3.05, 3.63) is 46.7 Å². The zero-order valence-electron chi connectivity index (χ0n) is 15.7. The topological polar surface area (TPSA) is 90.5 Å². The molecular weight excluding hydrogens is 376 g/mol. The van der Waals surface area contributed by atoms with Crippen LogP contribution in [0.15, 0.2) is 41.8 Å². The third kappa shape index (κ3) is 5.56. The molecular formula is C20H24N4O3S. The Labute approximate surface area is 168 Å². The lowest BCUT2D eigenvalue weighted by atomic mass is 9.97. The number of piperidine rings is 1. The van der Waals surface area contributed by atoms with E-state index in [4.69, 9.17) is 0 Å². The van der Waals surface area contributed by atoms with Crippen LogP contribution in [0.25, 0.3) is 0 Å². The summed E-state index contributed by atoms with van der Waals surface area (Å²) in [7, 11) is 0. The van der Waals surface area contributed by atoms with Crippen LogP contribution in [-0.4, -0.2) is 35.8 Å². The number of benzene rings is 1. The van der Waals surface area contributed by atoms with E-state index in [0.717, 1.165) is 17.7 Å². The molecule has 1 fully saturated rings. The van der Waals surface area contributed by atoms with Crippen molar-refractivity contribution >= 4 is 40.6 Å². The van der Waals surface area contributed by atoms with Gasteiger partial charge in [0, 0.05) is 36.3 Å². The summed E-state index contributed by atoms with van der Waals surface area (Å²) >= 11 is 1.60. The molecule has 1 aliphatic rings. The average molecular weight is 401 g/mol. The highest BCUT2D eigenvalue weighted by Gasteiger charge is 2.28. The molecule has 1 saturated heterocycles. The fourth-order valence-electron chi connectivity index (χ4n) is 3.19. The van der Waals surface area contributed by atoms with Gasteiger partial charge in [-0.15, -0.1) is 11.3 Å². The lowest BCUT2D eigenvalue weighted by molar-refractivity contribution is -0.121. The van der Waals surface area contributed by atoms with Gasteiger partial charge >= 0.3 is 6.03 Å². The number of hydrogen-bond donors (Lipinski definition) is 3. The van der Waals surface area contributed by atoms with Crippen LogP contribution < -0.4 is 16.0 Å². The Morgan fingerprint density at radius 1 is 1.14 bits per heavy atom. The summed E-state index contributed by atoms with van der Waals surface area (Å²) < 4.78 is 0. The summed E-state index contributed by atoms with van der Waals surface area (Å²) in [5.74, 6) is -0.540. The smallest absolute Gasteiger partial charge is 0.317 e. The molecule has 4 amide bonds. The summed E-state index contributed by atoms with van der Waals surface area (Å²) in [6.45, 7) is 2.98. The predicted molar refractivity (Wildman–Crippen MR) is 110 cm³/mol. The maximum atomic E-state index is 12.7. The molecule has 2 aromatic rings. The third-order valence-corrected chi connectivity index (χ3v) is 5.40. The first-order valence-electron chi connectivity index (χ1n) is 9.25. The fourth-order valence-corrected chi connectivity index (χ4v) is 3.83. The number of rotatable bonds is 5. The van der Waals surface area contributed by atoms with Gasteiger partial charge in [-0.1, -0.05) is 12.1 Å². The summed E-state index contributed by atoms with van der Waals surface area (Å²) in [6, 6.07) is 10.8. The summed E-state index contributed by atoms with van der Waals surface area (Å²) in [6.07, 6.45) is 1.53. The number of thiophene rings is 1. The molecule has 0 aliphatic carbocycles. The summed E-state index contributed by atoms with van der Waals surface area (Å²) in [5.41, 5.74) is 1.25. The van der Waals surface area contributed by atoms with Gasteiger partial charge in [0.15, 0.2) is 0 Å². The third-order valence-electron chi connectivity index (χ3n) is 4.52. The van der Waals surface area contributed by atoms with E-state index >= 15 is 0 Å². The van der Waals surface area contributed by atoms with Crippen molar-refractivity contribution in [1.82, 2.24) is 10.2 Å². The molecule has 1 aromatic heterocycles. The van der Waals surface area contributed by atoms with Gasteiger partial charge in [0.05, 0.1) is 12.5 Å². The molecule has 1 atom stereocenters. The molecule has 3 rings (SSSR count). The normalized spacial score (nSPS) is 16.3. The number of likely N-dealkylation sites (tertiary alicyclic amines) is 1. The van der Waals surface area contributed by atoms with Gasteiger partial charge in [-0.2, -0.15) is 0 Å². The van der Waals surface area contributed by atoms with Crippen molar-refractivity contribution in [2.45, 2.75) is 26.3 Å². The summed E-state index contributed by atoms with van der Waals surface area (Å²) in [4.78, 5) is 39.1. The van der Waals surface area contributed by atoms with Crippen LogP contribution in [-0.2, 0) is 16.1 Å². The molecule has 7 nitrogen and oxygen atoms in total. The Bertz CT molecular complexity index is 838. The SMILES string of the molecule is CC(=O)Nc1cccc(NC(=O)C2CCCN(C(=O)NCc3cccs3)C2)c1. The molecule has 0 bridgehead atoms. The van der Waals surface area contributed by atoms with Gasteiger partial charge in [0.25, 0.3) is 0 Å². The minimum absolute atomic E-state index is 0.115. The molecule has 8 heteroatoms. The predicted octanol–water partition coefficient (Wildman–Crippen LogP) is 3.27. The Kier molecular flexibility index (Phi) is 6.65.